The molecule has 0 aromatic rings. The van der Waals surface area contributed by atoms with Gasteiger partial charge in [-0.2, -0.15) is 0 Å². The Bertz CT molecular complexity index is 127. The molecule has 0 heterocycles. The van der Waals surface area contributed by atoms with Gasteiger partial charge in [-0.15, -0.1) is 0 Å². The van der Waals surface area contributed by atoms with Gasteiger partial charge in [0.15, 0.2) is 6.29 Å². The zero-order valence-corrected chi connectivity index (χ0v) is 9.62. The van der Waals surface area contributed by atoms with Crippen molar-refractivity contribution in [1.82, 2.24) is 5.32 Å². The summed E-state index contributed by atoms with van der Waals surface area (Å²) in [5, 5.41) is 12.3. The van der Waals surface area contributed by atoms with Crippen LogP contribution in [-0.4, -0.2) is 44.3 Å². The van der Waals surface area contributed by atoms with Gasteiger partial charge in [-0.05, 0) is 33.2 Å². The van der Waals surface area contributed by atoms with Gasteiger partial charge in [0.25, 0.3) is 0 Å². The van der Waals surface area contributed by atoms with Crippen molar-refractivity contribution in [2.24, 2.45) is 0 Å². The first kappa shape index (κ1) is 13.8. The van der Waals surface area contributed by atoms with E-state index in [4.69, 9.17) is 14.6 Å². The van der Waals surface area contributed by atoms with Crippen LogP contribution in [0.2, 0.25) is 0 Å². The molecule has 0 aromatic heterocycles. The first-order valence-electron chi connectivity index (χ1n) is 5.08. The summed E-state index contributed by atoms with van der Waals surface area (Å²) in [4.78, 5) is 0. The van der Waals surface area contributed by atoms with Crippen molar-refractivity contribution >= 4 is 0 Å². The van der Waals surface area contributed by atoms with Gasteiger partial charge in [0.05, 0.1) is 12.1 Å². The van der Waals surface area contributed by atoms with E-state index in [0.29, 0.717) is 0 Å². The van der Waals surface area contributed by atoms with Crippen molar-refractivity contribution in [3.8, 4) is 0 Å². The maximum atomic E-state index is 9.04. The SMILES string of the molecule is COC(OC)C(C)NCCCC(C)O. The average Bonchev–Trinajstić information content (AvgIpc) is 2.14. The summed E-state index contributed by atoms with van der Waals surface area (Å²) < 4.78 is 10.2. The molecule has 0 fully saturated rings. The van der Waals surface area contributed by atoms with Gasteiger partial charge in [0.1, 0.15) is 0 Å². The van der Waals surface area contributed by atoms with Crippen molar-refractivity contribution < 1.29 is 14.6 Å². The van der Waals surface area contributed by atoms with Crippen LogP contribution in [0.4, 0.5) is 0 Å². The van der Waals surface area contributed by atoms with Crippen LogP contribution in [0.5, 0.6) is 0 Å². The molecule has 0 amide bonds. The lowest BCUT2D eigenvalue weighted by Gasteiger charge is -2.22. The van der Waals surface area contributed by atoms with Crippen LogP contribution >= 0.6 is 0 Å². The molecule has 0 saturated carbocycles. The van der Waals surface area contributed by atoms with Crippen LogP contribution in [0.25, 0.3) is 0 Å². The third-order valence-electron chi connectivity index (χ3n) is 2.14. The molecule has 0 bridgehead atoms. The molecule has 0 aromatic carbocycles. The van der Waals surface area contributed by atoms with E-state index in [-0.39, 0.29) is 18.4 Å². The Morgan fingerprint density at radius 3 is 2.21 bits per heavy atom. The molecule has 2 unspecified atom stereocenters. The standard InChI is InChI=1S/C10H23NO3/c1-8(12)6-5-7-11-9(2)10(13-3)14-4/h8-12H,5-7H2,1-4H3. The maximum absolute atomic E-state index is 9.04. The van der Waals surface area contributed by atoms with Gasteiger partial charge in [0.2, 0.25) is 0 Å². The van der Waals surface area contributed by atoms with Crippen LogP contribution in [0.3, 0.4) is 0 Å². The lowest BCUT2D eigenvalue weighted by molar-refractivity contribution is -0.119. The Balaban J connectivity index is 3.47. The predicted octanol–water partition coefficient (Wildman–Crippen LogP) is 0.744. The molecule has 4 nitrogen and oxygen atoms in total. The minimum Gasteiger partial charge on any atom is -0.393 e. The van der Waals surface area contributed by atoms with E-state index in [9.17, 15) is 0 Å². The molecule has 2 atom stereocenters. The molecule has 0 aliphatic rings. The Labute approximate surface area is 86.6 Å². The molecule has 0 radical (unpaired) electrons. The van der Waals surface area contributed by atoms with Crippen LogP contribution in [0.1, 0.15) is 26.7 Å². The summed E-state index contributed by atoms with van der Waals surface area (Å²) in [7, 11) is 3.25. The van der Waals surface area contributed by atoms with E-state index in [1.807, 2.05) is 6.92 Å². The van der Waals surface area contributed by atoms with Gasteiger partial charge in [-0.1, -0.05) is 0 Å². The van der Waals surface area contributed by atoms with Crippen molar-refractivity contribution in [3.63, 3.8) is 0 Å². The molecule has 0 aliphatic carbocycles. The molecule has 0 aliphatic heterocycles. The van der Waals surface area contributed by atoms with Gasteiger partial charge in [-0.25, -0.2) is 0 Å². The number of rotatable bonds is 8. The topological polar surface area (TPSA) is 50.7 Å². The smallest absolute Gasteiger partial charge is 0.171 e. The number of ether oxygens (including phenoxy) is 2. The minimum atomic E-state index is -0.215. The number of aliphatic hydroxyl groups is 1. The zero-order valence-electron chi connectivity index (χ0n) is 9.62. The molecule has 0 saturated heterocycles. The molecule has 14 heavy (non-hydrogen) atoms. The van der Waals surface area contributed by atoms with Crippen LogP contribution in [0.15, 0.2) is 0 Å². The highest BCUT2D eigenvalue weighted by molar-refractivity contribution is 4.64. The molecule has 86 valence electrons. The lowest BCUT2D eigenvalue weighted by atomic mass is 10.2. The van der Waals surface area contributed by atoms with Crippen LogP contribution in [-0.2, 0) is 9.47 Å². The predicted molar refractivity (Wildman–Crippen MR) is 56.2 cm³/mol. The minimum absolute atomic E-state index is 0.166. The van der Waals surface area contributed by atoms with E-state index in [1.54, 1.807) is 21.1 Å². The molecule has 0 spiro atoms. The van der Waals surface area contributed by atoms with E-state index in [2.05, 4.69) is 5.32 Å². The van der Waals surface area contributed by atoms with Crippen molar-refractivity contribution in [1.29, 1.82) is 0 Å². The van der Waals surface area contributed by atoms with E-state index in [1.165, 1.54) is 0 Å². The fourth-order valence-corrected chi connectivity index (χ4v) is 1.33. The lowest BCUT2D eigenvalue weighted by Crippen LogP contribution is -2.40. The summed E-state index contributed by atoms with van der Waals surface area (Å²) in [6.45, 7) is 4.69. The molecular formula is C10H23NO3. The largest absolute Gasteiger partial charge is 0.393 e. The quantitative estimate of drug-likeness (QED) is 0.453. The summed E-state index contributed by atoms with van der Waals surface area (Å²) in [5.74, 6) is 0. The summed E-state index contributed by atoms with van der Waals surface area (Å²) in [6, 6.07) is 0.166. The monoisotopic (exact) mass is 205 g/mol. The van der Waals surface area contributed by atoms with Crippen molar-refractivity contribution in [2.45, 2.75) is 45.1 Å². The molecule has 4 heteroatoms. The fourth-order valence-electron chi connectivity index (χ4n) is 1.33. The second-order valence-electron chi connectivity index (χ2n) is 3.57. The molecule has 0 rings (SSSR count). The van der Waals surface area contributed by atoms with Gasteiger partial charge in [-0.3, -0.25) is 0 Å². The Morgan fingerprint density at radius 1 is 1.21 bits per heavy atom. The van der Waals surface area contributed by atoms with Crippen molar-refractivity contribution in [2.75, 3.05) is 20.8 Å². The fraction of sp³-hybridized carbons (Fsp3) is 1.00. The second-order valence-corrected chi connectivity index (χ2v) is 3.57. The molecule has 2 N–H and O–H groups in total. The highest BCUT2D eigenvalue weighted by atomic mass is 16.7. The first-order valence-corrected chi connectivity index (χ1v) is 5.08. The van der Waals surface area contributed by atoms with Gasteiger partial charge >= 0.3 is 0 Å². The molecular weight excluding hydrogens is 182 g/mol. The first-order chi connectivity index (χ1) is 6.61. The number of methoxy groups -OCH3 is 2. The normalized spacial score (nSPS) is 15.9. The van der Waals surface area contributed by atoms with E-state index in [0.717, 1.165) is 19.4 Å². The van der Waals surface area contributed by atoms with Crippen molar-refractivity contribution in [3.05, 3.63) is 0 Å². The van der Waals surface area contributed by atoms with E-state index < -0.39 is 0 Å². The van der Waals surface area contributed by atoms with E-state index >= 15 is 0 Å². The average molecular weight is 205 g/mol. The van der Waals surface area contributed by atoms with Gasteiger partial charge < -0.3 is 19.9 Å². The van der Waals surface area contributed by atoms with Crippen LogP contribution < -0.4 is 5.32 Å². The highest BCUT2D eigenvalue weighted by Gasteiger charge is 2.14. The second kappa shape index (κ2) is 8.17. The summed E-state index contributed by atoms with van der Waals surface area (Å²) in [5.41, 5.74) is 0. The summed E-state index contributed by atoms with van der Waals surface area (Å²) >= 11 is 0. The third kappa shape index (κ3) is 6.32. The highest BCUT2D eigenvalue weighted by Crippen LogP contribution is 1.99. The van der Waals surface area contributed by atoms with Gasteiger partial charge in [0, 0.05) is 14.2 Å². The van der Waals surface area contributed by atoms with Crippen LogP contribution in [0, 0.1) is 0 Å². The zero-order chi connectivity index (χ0) is 11.0. The Kier molecular flexibility index (Phi) is 8.08. The number of nitrogens with one attached hydrogen (secondary N) is 1. The number of hydrogen-bond acceptors (Lipinski definition) is 4. The third-order valence-corrected chi connectivity index (χ3v) is 2.14. The number of hydrogen-bond donors (Lipinski definition) is 2. The Hall–Kier alpha value is -0.160. The maximum Gasteiger partial charge on any atom is 0.171 e. The summed E-state index contributed by atoms with van der Waals surface area (Å²) in [6.07, 6.45) is 1.36. The number of aliphatic hydroxyl groups excluding tert-OH is 1. The Morgan fingerprint density at radius 2 is 1.79 bits per heavy atom.